The molecule has 9 heteroatoms. The maximum Gasteiger partial charge on any atom is 0.404 e. The molecular weight excluding hydrogens is 362 g/mol. The van der Waals surface area contributed by atoms with E-state index in [1.807, 2.05) is 12.1 Å². The number of likely N-dealkylation sites (tertiary alicyclic amines) is 1. The van der Waals surface area contributed by atoms with Gasteiger partial charge in [0.25, 0.3) is 5.69 Å². The van der Waals surface area contributed by atoms with Crippen molar-refractivity contribution in [2.24, 2.45) is 5.92 Å². The van der Waals surface area contributed by atoms with E-state index < -0.39 is 6.09 Å². The summed E-state index contributed by atoms with van der Waals surface area (Å²) in [4.78, 5) is 28.2. The summed E-state index contributed by atoms with van der Waals surface area (Å²) in [6.07, 6.45) is 1.16. The Labute approximate surface area is 165 Å². The number of rotatable bonds is 7. The molecule has 2 aliphatic rings. The van der Waals surface area contributed by atoms with Gasteiger partial charge in [-0.05, 0) is 44.0 Å². The molecule has 2 saturated heterocycles. The number of nitro groups is 1. The van der Waals surface area contributed by atoms with E-state index >= 15 is 0 Å². The fourth-order valence-electron chi connectivity index (χ4n) is 3.94. The van der Waals surface area contributed by atoms with Gasteiger partial charge < -0.3 is 20.2 Å². The normalized spacial score (nSPS) is 19.5. The molecule has 0 unspecified atom stereocenters. The molecule has 0 atom stereocenters. The van der Waals surface area contributed by atoms with Crippen LogP contribution in [0.1, 0.15) is 12.8 Å². The number of piperazine rings is 1. The van der Waals surface area contributed by atoms with Gasteiger partial charge in [0.2, 0.25) is 0 Å². The van der Waals surface area contributed by atoms with Crippen LogP contribution in [-0.2, 0) is 0 Å². The molecular formula is C19H29N5O4. The van der Waals surface area contributed by atoms with Crippen LogP contribution in [0.4, 0.5) is 16.2 Å². The van der Waals surface area contributed by atoms with Crippen molar-refractivity contribution in [3.05, 3.63) is 34.4 Å². The van der Waals surface area contributed by atoms with Crippen LogP contribution in [0.25, 0.3) is 0 Å². The quantitative estimate of drug-likeness (QED) is 0.539. The van der Waals surface area contributed by atoms with Crippen LogP contribution in [0, 0.1) is 16.0 Å². The second kappa shape index (κ2) is 9.70. The maximum absolute atomic E-state index is 10.8. The molecule has 0 saturated carbocycles. The number of benzene rings is 1. The van der Waals surface area contributed by atoms with Crippen LogP contribution in [0.5, 0.6) is 0 Å². The van der Waals surface area contributed by atoms with Gasteiger partial charge in [-0.3, -0.25) is 15.0 Å². The molecule has 1 amide bonds. The van der Waals surface area contributed by atoms with Crippen molar-refractivity contribution in [2.45, 2.75) is 12.8 Å². The molecule has 2 fully saturated rings. The summed E-state index contributed by atoms with van der Waals surface area (Å²) in [7, 11) is 0. The Kier molecular flexibility index (Phi) is 7.05. The fraction of sp³-hybridized carbons (Fsp3) is 0.632. The first-order chi connectivity index (χ1) is 13.5. The lowest BCUT2D eigenvalue weighted by atomic mass is 9.97. The predicted octanol–water partition coefficient (Wildman–Crippen LogP) is 1.70. The second-order valence-corrected chi connectivity index (χ2v) is 7.57. The number of nitrogens with one attached hydrogen (secondary N) is 1. The molecule has 0 aromatic heterocycles. The third-order valence-electron chi connectivity index (χ3n) is 5.78. The highest BCUT2D eigenvalue weighted by molar-refractivity contribution is 5.64. The number of nitrogens with zero attached hydrogens (tertiary/aromatic N) is 4. The summed E-state index contributed by atoms with van der Waals surface area (Å²) in [6.45, 7) is 8.59. The van der Waals surface area contributed by atoms with Gasteiger partial charge in [0, 0.05) is 63.6 Å². The van der Waals surface area contributed by atoms with Crippen LogP contribution in [0.2, 0.25) is 0 Å². The zero-order valence-electron chi connectivity index (χ0n) is 16.1. The predicted molar refractivity (Wildman–Crippen MR) is 107 cm³/mol. The summed E-state index contributed by atoms with van der Waals surface area (Å²) in [5, 5.41) is 22.0. The minimum Gasteiger partial charge on any atom is -0.465 e. The second-order valence-electron chi connectivity index (χ2n) is 7.57. The fourth-order valence-corrected chi connectivity index (χ4v) is 3.94. The van der Waals surface area contributed by atoms with Gasteiger partial charge in [-0.1, -0.05) is 0 Å². The highest BCUT2D eigenvalue weighted by Gasteiger charge is 2.22. The lowest BCUT2D eigenvalue weighted by Gasteiger charge is -2.38. The summed E-state index contributed by atoms with van der Waals surface area (Å²) in [5.74, 6) is 0.456. The molecule has 0 radical (unpaired) electrons. The standard InChI is InChI=1S/C19H29N5O4/c25-19(26)20-15-16-5-7-21(8-6-16)9-10-22-11-13-23(14-12-22)17-1-3-18(4-2-17)24(27)28/h1-4,16,20H,5-15H2,(H,25,26). The average molecular weight is 391 g/mol. The van der Waals surface area contributed by atoms with Gasteiger partial charge in [-0.25, -0.2) is 4.79 Å². The van der Waals surface area contributed by atoms with Gasteiger partial charge in [-0.15, -0.1) is 0 Å². The summed E-state index contributed by atoms with van der Waals surface area (Å²) in [6, 6.07) is 6.79. The minimum absolute atomic E-state index is 0.130. The van der Waals surface area contributed by atoms with Crippen molar-refractivity contribution in [1.82, 2.24) is 15.1 Å². The van der Waals surface area contributed by atoms with Crippen molar-refractivity contribution in [3.63, 3.8) is 0 Å². The van der Waals surface area contributed by atoms with E-state index in [1.165, 1.54) is 0 Å². The highest BCUT2D eigenvalue weighted by Crippen LogP contribution is 2.21. The first-order valence-electron chi connectivity index (χ1n) is 9.92. The maximum atomic E-state index is 10.8. The van der Waals surface area contributed by atoms with E-state index in [4.69, 9.17) is 5.11 Å². The Morgan fingerprint density at radius 3 is 2.14 bits per heavy atom. The van der Waals surface area contributed by atoms with Gasteiger partial charge in [0.15, 0.2) is 0 Å². The number of piperidine rings is 1. The first-order valence-corrected chi connectivity index (χ1v) is 9.92. The molecule has 2 aliphatic heterocycles. The molecule has 2 N–H and O–H groups in total. The van der Waals surface area contributed by atoms with E-state index in [0.29, 0.717) is 12.5 Å². The Hall–Kier alpha value is -2.39. The lowest BCUT2D eigenvalue weighted by Crippen LogP contribution is -2.49. The van der Waals surface area contributed by atoms with Crippen LogP contribution >= 0.6 is 0 Å². The van der Waals surface area contributed by atoms with Crippen molar-refractivity contribution in [3.8, 4) is 0 Å². The summed E-state index contributed by atoms with van der Waals surface area (Å²) < 4.78 is 0. The molecule has 1 aromatic carbocycles. The molecule has 0 bridgehead atoms. The number of amides is 1. The summed E-state index contributed by atoms with van der Waals surface area (Å²) >= 11 is 0. The van der Waals surface area contributed by atoms with E-state index in [-0.39, 0.29) is 10.6 Å². The van der Waals surface area contributed by atoms with E-state index in [1.54, 1.807) is 12.1 Å². The first kappa shape index (κ1) is 20.3. The number of nitro benzene ring substituents is 1. The zero-order valence-corrected chi connectivity index (χ0v) is 16.1. The molecule has 1 aromatic rings. The van der Waals surface area contributed by atoms with Crippen LogP contribution in [0.15, 0.2) is 24.3 Å². The highest BCUT2D eigenvalue weighted by atomic mass is 16.6. The van der Waals surface area contributed by atoms with Crippen molar-refractivity contribution in [1.29, 1.82) is 0 Å². The zero-order chi connectivity index (χ0) is 19.9. The molecule has 3 rings (SSSR count). The molecule has 0 aliphatic carbocycles. The molecule has 154 valence electrons. The van der Waals surface area contributed by atoms with E-state index in [9.17, 15) is 14.9 Å². The van der Waals surface area contributed by atoms with Crippen LogP contribution in [0.3, 0.4) is 0 Å². The average Bonchev–Trinajstić information content (AvgIpc) is 2.72. The summed E-state index contributed by atoms with van der Waals surface area (Å²) in [5.41, 5.74) is 1.17. The molecule has 0 spiro atoms. The Morgan fingerprint density at radius 2 is 1.61 bits per heavy atom. The Morgan fingerprint density at radius 1 is 1.04 bits per heavy atom. The number of carbonyl (C=O) groups is 1. The van der Waals surface area contributed by atoms with Crippen LogP contribution < -0.4 is 10.2 Å². The van der Waals surface area contributed by atoms with Gasteiger partial charge in [0.05, 0.1) is 4.92 Å². The molecule has 9 nitrogen and oxygen atoms in total. The number of hydrogen-bond donors (Lipinski definition) is 2. The largest absolute Gasteiger partial charge is 0.465 e. The number of carboxylic acid groups (broad SMARTS) is 1. The molecule has 28 heavy (non-hydrogen) atoms. The van der Waals surface area contributed by atoms with Gasteiger partial charge >= 0.3 is 6.09 Å². The van der Waals surface area contributed by atoms with E-state index in [0.717, 1.165) is 70.9 Å². The number of non-ortho nitro benzene ring substituents is 1. The van der Waals surface area contributed by atoms with E-state index in [2.05, 4.69) is 20.0 Å². The SMILES string of the molecule is O=C(O)NCC1CCN(CCN2CCN(c3ccc([N+](=O)[O-])cc3)CC2)CC1. The number of hydrogen-bond acceptors (Lipinski definition) is 6. The van der Waals surface area contributed by atoms with Gasteiger partial charge in [0.1, 0.15) is 0 Å². The molecule has 2 heterocycles. The monoisotopic (exact) mass is 391 g/mol. The van der Waals surface area contributed by atoms with Crippen molar-refractivity contribution in [2.75, 3.05) is 63.8 Å². The van der Waals surface area contributed by atoms with Crippen LogP contribution in [-0.4, -0.2) is 84.8 Å². The Bertz CT molecular complexity index is 653. The smallest absolute Gasteiger partial charge is 0.404 e. The minimum atomic E-state index is -0.935. The van der Waals surface area contributed by atoms with Gasteiger partial charge in [-0.2, -0.15) is 0 Å². The Balaban J connectivity index is 1.34. The van der Waals surface area contributed by atoms with Crippen molar-refractivity contribution < 1.29 is 14.8 Å². The lowest BCUT2D eigenvalue weighted by molar-refractivity contribution is -0.384. The topological polar surface area (TPSA) is 102 Å². The number of anilines is 1. The third kappa shape index (κ3) is 5.80. The third-order valence-corrected chi connectivity index (χ3v) is 5.78. The van der Waals surface area contributed by atoms with Crippen molar-refractivity contribution >= 4 is 17.5 Å².